The van der Waals surface area contributed by atoms with Crippen molar-refractivity contribution in [1.29, 1.82) is 0 Å². The molecule has 0 saturated carbocycles. The molecule has 0 bridgehead atoms. The zero-order chi connectivity index (χ0) is 17.2. The van der Waals surface area contributed by atoms with Gasteiger partial charge in [0.05, 0.1) is 26.7 Å². The molecule has 24 heavy (non-hydrogen) atoms. The van der Waals surface area contributed by atoms with E-state index in [1.807, 2.05) is 48.5 Å². The summed E-state index contributed by atoms with van der Waals surface area (Å²) >= 11 is 0. The van der Waals surface area contributed by atoms with Gasteiger partial charge in [-0.05, 0) is 35.4 Å². The highest BCUT2D eigenvalue weighted by atomic mass is 16.5. The van der Waals surface area contributed by atoms with Gasteiger partial charge < -0.3 is 19.5 Å². The molecule has 1 N–H and O–H groups in total. The molecular weight excluding hydrogens is 306 g/mol. The van der Waals surface area contributed by atoms with Crippen molar-refractivity contribution >= 4 is 5.91 Å². The summed E-state index contributed by atoms with van der Waals surface area (Å²) in [6, 6.07) is 15.2. The van der Waals surface area contributed by atoms with E-state index in [1.165, 1.54) is 0 Å². The van der Waals surface area contributed by atoms with Gasteiger partial charge in [-0.15, -0.1) is 0 Å². The van der Waals surface area contributed by atoms with Crippen LogP contribution in [0.2, 0.25) is 0 Å². The van der Waals surface area contributed by atoms with Crippen molar-refractivity contribution in [1.82, 2.24) is 5.32 Å². The molecule has 0 radical (unpaired) electrons. The number of benzene rings is 2. The van der Waals surface area contributed by atoms with Crippen LogP contribution in [0.15, 0.2) is 48.5 Å². The quantitative estimate of drug-likeness (QED) is 0.768. The molecule has 2 aromatic rings. The average Bonchev–Trinajstić information content (AvgIpc) is 2.62. The highest BCUT2D eigenvalue weighted by molar-refractivity contribution is 5.76. The van der Waals surface area contributed by atoms with Gasteiger partial charge in [-0.1, -0.05) is 24.3 Å². The molecule has 0 aliphatic carbocycles. The molecule has 0 saturated heterocycles. The van der Waals surface area contributed by atoms with E-state index in [-0.39, 0.29) is 5.91 Å². The molecule has 5 heteroatoms. The fourth-order valence-electron chi connectivity index (χ4n) is 2.24. The molecule has 0 aliphatic rings. The molecule has 2 rings (SSSR count). The van der Waals surface area contributed by atoms with Crippen LogP contribution < -0.4 is 14.8 Å². The first-order chi connectivity index (χ1) is 11.7. The van der Waals surface area contributed by atoms with Crippen LogP contribution in [0, 0.1) is 0 Å². The summed E-state index contributed by atoms with van der Waals surface area (Å²) < 4.78 is 15.8. The van der Waals surface area contributed by atoms with Gasteiger partial charge in [0.1, 0.15) is 11.5 Å². The Labute approximate surface area is 142 Å². The van der Waals surface area contributed by atoms with Crippen molar-refractivity contribution in [2.75, 3.05) is 20.8 Å². The minimum atomic E-state index is -0.0456. The zero-order valence-electron chi connectivity index (χ0n) is 14.1. The first-order valence-corrected chi connectivity index (χ1v) is 7.82. The molecule has 0 aliphatic heterocycles. The molecule has 0 fully saturated rings. The smallest absolute Gasteiger partial charge is 0.223 e. The van der Waals surface area contributed by atoms with Crippen LogP contribution in [0.25, 0.3) is 0 Å². The Morgan fingerprint density at radius 1 is 0.958 bits per heavy atom. The molecule has 128 valence electrons. The largest absolute Gasteiger partial charge is 0.497 e. The highest BCUT2D eigenvalue weighted by Crippen LogP contribution is 2.17. The van der Waals surface area contributed by atoms with Crippen molar-refractivity contribution in [3.8, 4) is 11.5 Å². The third-order valence-electron chi connectivity index (χ3n) is 3.55. The molecule has 5 nitrogen and oxygen atoms in total. The lowest BCUT2D eigenvalue weighted by atomic mass is 10.1. The van der Waals surface area contributed by atoms with E-state index in [0.29, 0.717) is 31.9 Å². The molecular formula is C19H23NO4. The second kappa shape index (κ2) is 9.57. The Kier molecular flexibility index (Phi) is 7.11. The summed E-state index contributed by atoms with van der Waals surface area (Å²) in [5.74, 6) is 1.44. The summed E-state index contributed by atoms with van der Waals surface area (Å²) in [5, 5.41) is 2.91. The summed E-state index contributed by atoms with van der Waals surface area (Å²) in [5.41, 5.74) is 2.14. The van der Waals surface area contributed by atoms with Crippen molar-refractivity contribution < 1.29 is 19.0 Å². The lowest BCUT2D eigenvalue weighted by Gasteiger charge is -2.11. The second-order valence-corrected chi connectivity index (χ2v) is 5.25. The van der Waals surface area contributed by atoms with Gasteiger partial charge in [0, 0.05) is 13.7 Å². The zero-order valence-corrected chi connectivity index (χ0v) is 14.1. The van der Waals surface area contributed by atoms with Gasteiger partial charge in [-0.25, -0.2) is 0 Å². The number of amides is 1. The van der Waals surface area contributed by atoms with Gasteiger partial charge in [0.2, 0.25) is 5.91 Å². The van der Waals surface area contributed by atoms with E-state index >= 15 is 0 Å². The van der Waals surface area contributed by atoms with Gasteiger partial charge in [-0.2, -0.15) is 0 Å². The van der Waals surface area contributed by atoms with E-state index in [1.54, 1.807) is 14.2 Å². The van der Waals surface area contributed by atoms with Crippen LogP contribution in [0.1, 0.15) is 17.5 Å². The van der Waals surface area contributed by atoms with Crippen molar-refractivity contribution in [2.45, 2.75) is 19.6 Å². The van der Waals surface area contributed by atoms with Crippen LogP contribution >= 0.6 is 0 Å². The number of ether oxygens (including phenoxy) is 3. The lowest BCUT2D eigenvalue weighted by molar-refractivity contribution is -0.121. The van der Waals surface area contributed by atoms with Crippen LogP contribution in [-0.2, 0) is 22.7 Å². The van der Waals surface area contributed by atoms with Crippen LogP contribution in [0.5, 0.6) is 11.5 Å². The van der Waals surface area contributed by atoms with Crippen molar-refractivity contribution in [3.63, 3.8) is 0 Å². The molecule has 0 atom stereocenters. The summed E-state index contributed by atoms with van der Waals surface area (Å²) in [6.07, 6.45) is 0.304. The maximum atomic E-state index is 11.9. The topological polar surface area (TPSA) is 56.8 Å². The van der Waals surface area contributed by atoms with Crippen LogP contribution in [0.4, 0.5) is 0 Å². The Morgan fingerprint density at radius 2 is 1.62 bits per heavy atom. The Balaban J connectivity index is 1.73. The summed E-state index contributed by atoms with van der Waals surface area (Å²) in [7, 11) is 3.27. The predicted octanol–water partition coefficient (Wildman–Crippen LogP) is 2.93. The first-order valence-electron chi connectivity index (χ1n) is 7.82. The van der Waals surface area contributed by atoms with E-state index in [4.69, 9.17) is 14.2 Å². The Bertz CT molecular complexity index is 640. The highest BCUT2D eigenvalue weighted by Gasteiger charge is 2.05. The number of carbonyl (C=O) groups is 1. The minimum absolute atomic E-state index is 0.0456. The minimum Gasteiger partial charge on any atom is -0.497 e. The van der Waals surface area contributed by atoms with Gasteiger partial charge >= 0.3 is 0 Å². The molecule has 0 heterocycles. The van der Waals surface area contributed by atoms with Crippen LogP contribution in [-0.4, -0.2) is 26.7 Å². The summed E-state index contributed by atoms with van der Waals surface area (Å²) in [4.78, 5) is 11.9. The SMILES string of the molecule is COCc1ccccc1CNC(=O)CCOc1ccc(OC)cc1. The maximum Gasteiger partial charge on any atom is 0.223 e. The normalized spacial score (nSPS) is 10.2. The van der Waals surface area contributed by atoms with E-state index in [9.17, 15) is 4.79 Å². The predicted molar refractivity (Wildman–Crippen MR) is 92.1 cm³/mol. The standard InChI is InChI=1S/C19H23NO4/c1-22-14-16-6-4-3-5-15(16)13-20-19(21)11-12-24-18-9-7-17(23-2)8-10-18/h3-10H,11-14H2,1-2H3,(H,20,21). The fraction of sp³-hybridized carbons (Fsp3) is 0.316. The van der Waals surface area contributed by atoms with E-state index in [0.717, 1.165) is 16.9 Å². The van der Waals surface area contributed by atoms with E-state index < -0.39 is 0 Å². The number of hydrogen-bond acceptors (Lipinski definition) is 4. The molecule has 1 amide bonds. The van der Waals surface area contributed by atoms with Crippen molar-refractivity contribution in [2.24, 2.45) is 0 Å². The number of carbonyl (C=O) groups excluding carboxylic acids is 1. The number of nitrogens with one attached hydrogen (secondary N) is 1. The Hall–Kier alpha value is -2.53. The molecule has 2 aromatic carbocycles. The van der Waals surface area contributed by atoms with Gasteiger partial charge in [0.25, 0.3) is 0 Å². The third-order valence-corrected chi connectivity index (χ3v) is 3.55. The Morgan fingerprint density at radius 3 is 2.29 bits per heavy atom. The monoisotopic (exact) mass is 329 g/mol. The number of methoxy groups -OCH3 is 2. The third kappa shape index (κ3) is 5.59. The van der Waals surface area contributed by atoms with Crippen molar-refractivity contribution in [3.05, 3.63) is 59.7 Å². The number of rotatable bonds is 9. The average molecular weight is 329 g/mol. The van der Waals surface area contributed by atoms with Gasteiger partial charge in [0.15, 0.2) is 0 Å². The molecule has 0 spiro atoms. The van der Waals surface area contributed by atoms with Crippen LogP contribution in [0.3, 0.4) is 0 Å². The fourth-order valence-corrected chi connectivity index (χ4v) is 2.24. The maximum absolute atomic E-state index is 11.9. The van der Waals surface area contributed by atoms with Gasteiger partial charge in [-0.3, -0.25) is 4.79 Å². The molecule has 0 aromatic heterocycles. The first kappa shape index (κ1) is 17.8. The van der Waals surface area contributed by atoms with E-state index in [2.05, 4.69) is 5.32 Å². The lowest BCUT2D eigenvalue weighted by Crippen LogP contribution is -2.25. The second-order valence-electron chi connectivity index (χ2n) is 5.25. The summed E-state index contributed by atoms with van der Waals surface area (Å²) in [6.45, 7) is 1.35. The molecule has 0 unspecified atom stereocenters. The number of hydrogen-bond donors (Lipinski definition) is 1.